The van der Waals surface area contributed by atoms with Gasteiger partial charge in [0.25, 0.3) is 0 Å². The van der Waals surface area contributed by atoms with Gasteiger partial charge in [0.15, 0.2) is 0 Å². The minimum absolute atomic E-state index is 0.0689. The van der Waals surface area contributed by atoms with Gasteiger partial charge in [0.05, 0.1) is 10.6 Å². The van der Waals surface area contributed by atoms with Crippen molar-refractivity contribution >= 4 is 29.0 Å². The number of nitrogens with one attached hydrogen (secondary N) is 1. The molecule has 0 radical (unpaired) electrons. The van der Waals surface area contributed by atoms with Crippen molar-refractivity contribution in [2.45, 2.75) is 17.9 Å². The molecular formula is C19H18N2OS2. The van der Waals surface area contributed by atoms with Gasteiger partial charge in [-0.15, -0.1) is 23.1 Å². The van der Waals surface area contributed by atoms with Crippen LogP contribution in [-0.4, -0.2) is 16.6 Å². The quantitative estimate of drug-likeness (QED) is 0.630. The second kappa shape index (κ2) is 8.66. The average molecular weight is 355 g/mol. The molecule has 0 aliphatic carbocycles. The Kier molecular flexibility index (Phi) is 6.04. The van der Waals surface area contributed by atoms with Crippen LogP contribution in [0.25, 0.3) is 10.6 Å². The maximum atomic E-state index is 12.1. The van der Waals surface area contributed by atoms with Gasteiger partial charge in [-0.3, -0.25) is 9.78 Å². The van der Waals surface area contributed by atoms with E-state index in [-0.39, 0.29) is 5.91 Å². The lowest BCUT2D eigenvalue weighted by Crippen LogP contribution is -2.23. The van der Waals surface area contributed by atoms with Crippen molar-refractivity contribution < 1.29 is 4.79 Å². The fourth-order valence-corrected chi connectivity index (χ4v) is 3.91. The number of amides is 1. The number of nitrogens with zero attached hydrogens (tertiary/aromatic N) is 1. The predicted molar refractivity (Wildman–Crippen MR) is 101 cm³/mol. The Morgan fingerprint density at radius 3 is 2.75 bits per heavy atom. The van der Waals surface area contributed by atoms with Crippen LogP contribution >= 0.6 is 23.1 Å². The van der Waals surface area contributed by atoms with Crippen LogP contribution < -0.4 is 5.32 Å². The van der Waals surface area contributed by atoms with Gasteiger partial charge in [0.1, 0.15) is 0 Å². The number of thiophene rings is 1. The molecule has 0 aliphatic rings. The van der Waals surface area contributed by atoms with Gasteiger partial charge < -0.3 is 5.32 Å². The van der Waals surface area contributed by atoms with Crippen LogP contribution in [0.5, 0.6) is 0 Å². The molecular weight excluding hydrogens is 336 g/mol. The van der Waals surface area contributed by atoms with E-state index in [4.69, 9.17) is 0 Å². The van der Waals surface area contributed by atoms with Crippen molar-refractivity contribution in [3.8, 4) is 10.6 Å². The van der Waals surface area contributed by atoms with Crippen LogP contribution in [0.2, 0.25) is 0 Å². The summed E-state index contributed by atoms with van der Waals surface area (Å²) in [5.41, 5.74) is 2.00. The van der Waals surface area contributed by atoms with E-state index in [1.54, 1.807) is 29.3 Å². The van der Waals surface area contributed by atoms with Gasteiger partial charge in [0.2, 0.25) is 5.91 Å². The first kappa shape index (κ1) is 16.7. The molecule has 24 heavy (non-hydrogen) atoms. The summed E-state index contributed by atoms with van der Waals surface area (Å²) in [5, 5.41) is 5.03. The van der Waals surface area contributed by atoms with Crippen molar-refractivity contribution in [2.75, 3.05) is 5.75 Å². The third-order valence-electron chi connectivity index (χ3n) is 3.46. The Labute approximate surface area is 150 Å². The summed E-state index contributed by atoms with van der Waals surface area (Å²) in [6.45, 7) is 0.510. The highest BCUT2D eigenvalue weighted by molar-refractivity contribution is 7.99. The number of aromatic nitrogens is 1. The Bertz CT molecular complexity index is 773. The normalized spacial score (nSPS) is 10.5. The zero-order valence-electron chi connectivity index (χ0n) is 13.1. The molecule has 1 amide bonds. The monoisotopic (exact) mass is 354 g/mol. The SMILES string of the molecule is O=C(CCSc1ccccc1)NCc1cccnc1-c1cccs1. The lowest BCUT2D eigenvalue weighted by Gasteiger charge is -2.09. The zero-order valence-corrected chi connectivity index (χ0v) is 14.8. The highest BCUT2D eigenvalue weighted by atomic mass is 32.2. The number of pyridine rings is 1. The highest BCUT2D eigenvalue weighted by Crippen LogP contribution is 2.25. The molecule has 0 saturated carbocycles. The van der Waals surface area contributed by atoms with Crippen molar-refractivity contribution in [1.82, 2.24) is 10.3 Å². The molecule has 2 aromatic heterocycles. The van der Waals surface area contributed by atoms with E-state index in [0.29, 0.717) is 13.0 Å². The molecule has 1 aromatic carbocycles. The smallest absolute Gasteiger partial charge is 0.221 e. The minimum Gasteiger partial charge on any atom is -0.352 e. The number of carbonyl (C=O) groups is 1. The molecule has 3 rings (SSSR count). The standard InChI is InChI=1S/C19H18N2OS2/c22-18(10-13-23-16-7-2-1-3-8-16)21-14-15-6-4-11-20-19(15)17-9-5-12-24-17/h1-9,11-12H,10,13-14H2,(H,21,22). The van der Waals surface area contributed by atoms with E-state index in [2.05, 4.69) is 28.5 Å². The largest absolute Gasteiger partial charge is 0.352 e. The Morgan fingerprint density at radius 1 is 1.08 bits per heavy atom. The van der Waals surface area contributed by atoms with Crippen LogP contribution in [0.4, 0.5) is 0 Å². The van der Waals surface area contributed by atoms with E-state index >= 15 is 0 Å². The topological polar surface area (TPSA) is 42.0 Å². The molecule has 5 heteroatoms. The molecule has 0 saturated heterocycles. The number of benzene rings is 1. The first-order chi connectivity index (χ1) is 11.8. The number of thioether (sulfide) groups is 1. The van der Waals surface area contributed by atoms with Gasteiger partial charge in [0, 0.05) is 29.8 Å². The van der Waals surface area contributed by atoms with Gasteiger partial charge >= 0.3 is 0 Å². The van der Waals surface area contributed by atoms with Gasteiger partial charge in [-0.1, -0.05) is 30.3 Å². The van der Waals surface area contributed by atoms with Crippen molar-refractivity contribution in [1.29, 1.82) is 0 Å². The summed E-state index contributed by atoms with van der Waals surface area (Å²) >= 11 is 3.36. The fourth-order valence-electron chi connectivity index (χ4n) is 2.28. The Balaban J connectivity index is 1.50. The van der Waals surface area contributed by atoms with Crippen LogP contribution in [0.1, 0.15) is 12.0 Å². The molecule has 122 valence electrons. The maximum absolute atomic E-state index is 12.1. The summed E-state index contributed by atoms with van der Waals surface area (Å²) < 4.78 is 0. The van der Waals surface area contributed by atoms with E-state index in [9.17, 15) is 4.79 Å². The third kappa shape index (κ3) is 4.69. The first-order valence-corrected chi connectivity index (χ1v) is 9.62. The fraction of sp³-hybridized carbons (Fsp3) is 0.158. The van der Waals surface area contributed by atoms with Crippen LogP contribution in [0.3, 0.4) is 0 Å². The maximum Gasteiger partial charge on any atom is 0.221 e. The van der Waals surface area contributed by atoms with Crippen LogP contribution in [0, 0.1) is 0 Å². The van der Waals surface area contributed by atoms with Gasteiger partial charge in [-0.25, -0.2) is 0 Å². The molecule has 2 heterocycles. The van der Waals surface area contributed by atoms with E-state index < -0.39 is 0 Å². The van der Waals surface area contributed by atoms with Gasteiger partial charge in [-0.05, 0) is 35.2 Å². The molecule has 0 spiro atoms. The lowest BCUT2D eigenvalue weighted by molar-refractivity contribution is -0.120. The van der Waals surface area contributed by atoms with Gasteiger partial charge in [-0.2, -0.15) is 0 Å². The summed E-state index contributed by atoms with van der Waals surface area (Å²) in [6, 6.07) is 18.1. The number of rotatable bonds is 7. The Morgan fingerprint density at radius 2 is 1.96 bits per heavy atom. The van der Waals surface area contributed by atoms with Crippen molar-refractivity contribution in [3.05, 3.63) is 71.7 Å². The van der Waals surface area contributed by atoms with Crippen LogP contribution in [-0.2, 0) is 11.3 Å². The molecule has 1 N–H and O–H groups in total. The summed E-state index contributed by atoms with van der Waals surface area (Å²) in [5.74, 6) is 0.847. The predicted octanol–water partition coefficient (Wildman–Crippen LogP) is 4.61. The first-order valence-electron chi connectivity index (χ1n) is 7.75. The molecule has 3 nitrogen and oxygen atoms in total. The van der Waals surface area contributed by atoms with E-state index in [1.165, 1.54) is 4.90 Å². The number of carbonyl (C=O) groups excluding carboxylic acids is 1. The summed E-state index contributed by atoms with van der Waals surface area (Å²) in [7, 11) is 0. The molecule has 0 unspecified atom stereocenters. The third-order valence-corrected chi connectivity index (χ3v) is 5.35. The number of hydrogen-bond acceptors (Lipinski definition) is 4. The number of hydrogen-bond donors (Lipinski definition) is 1. The zero-order chi connectivity index (χ0) is 16.6. The Hall–Kier alpha value is -2.11. The van der Waals surface area contributed by atoms with E-state index in [1.807, 2.05) is 41.8 Å². The second-order valence-corrected chi connectivity index (χ2v) is 7.29. The van der Waals surface area contributed by atoms with Crippen molar-refractivity contribution in [3.63, 3.8) is 0 Å². The lowest BCUT2D eigenvalue weighted by atomic mass is 10.1. The summed E-state index contributed by atoms with van der Waals surface area (Å²) in [4.78, 5) is 18.8. The molecule has 0 bridgehead atoms. The van der Waals surface area contributed by atoms with E-state index in [0.717, 1.165) is 21.9 Å². The molecule has 0 atom stereocenters. The minimum atomic E-state index is 0.0689. The highest BCUT2D eigenvalue weighted by Gasteiger charge is 2.08. The molecule has 3 aromatic rings. The van der Waals surface area contributed by atoms with Crippen molar-refractivity contribution in [2.24, 2.45) is 0 Å². The van der Waals surface area contributed by atoms with Crippen LogP contribution in [0.15, 0.2) is 71.1 Å². The summed E-state index contributed by atoms with van der Waals surface area (Å²) in [6.07, 6.45) is 2.30. The second-order valence-electron chi connectivity index (χ2n) is 5.18. The average Bonchev–Trinajstić information content (AvgIpc) is 3.16. The molecule has 0 fully saturated rings. The molecule has 0 aliphatic heterocycles.